The molecule has 2 rings (SSSR count). The monoisotopic (exact) mass is 269 g/mol. The molecule has 0 radical (unpaired) electrons. The van der Waals surface area contributed by atoms with E-state index in [0.29, 0.717) is 29.1 Å². The van der Waals surface area contributed by atoms with E-state index in [-0.39, 0.29) is 0 Å². The first-order chi connectivity index (χ1) is 8.31. The molecule has 0 aliphatic carbocycles. The predicted octanol–water partition coefficient (Wildman–Crippen LogP) is 2.58. The first-order valence-electron chi connectivity index (χ1n) is 5.16. The van der Waals surface area contributed by atoms with Crippen LogP contribution < -0.4 is 5.73 Å². The van der Waals surface area contributed by atoms with Gasteiger partial charge in [-0.25, -0.2) is 0 Å². The summed E-state index contributed by atoms with van der Waals surface area (Å²) >= 11 is 7.71. The van der Waals surface area contributed by atoms with Crippen molar-refractivity contribution in [3.05, 3.63) is 35.2 Å². The third-order valence-corrected chi connectivity index (χ3v) is 3.36. The van der Waals surface area contributed by atoms with Crippen molar-refractivity contribution in [3.63, 3.8) is 0 Å². The Labute approximate surface area is 109 Å². The Hall–Kier alpha value is -1.04. The summed E-state index contributed by atoms with van der Waals surface area (Å²) in [4.78, 5) is 0. The molecule has 0 spiro atoms. The molecule has 0 aliphatic heterocycles. The molecule has 17 heavy (non-hydrogen) atoms. The van der Waals surface area contributed by atoms with Crippen LogP contribution in [-0.4, -0.2) is 22.5 Å². The molecular weight excluding hydrogens is 258 g/mol. The molecule has 0 aliphatic rings. The van der Waals surface area contributed by atoms with Crippen molar-refractivity contribution >= 4 is 23.4 Å². The lowest BCUT2D eigenvalue weighted by Crippen LogP contribution is -2.01. The molecule has 1 heterocycles. The molecule has 0 amide bonds. The van der Waals surface area contributed by atoms with Crippen LogP contribution in [0.3, 0.4) is 0 Å². The summed E-state index contributed by atoms with van der Waals surface area (Å²) in [6.07, 6.45) is 0. The lowest BCUT2D eigenvalue weighted by Gasteiger charge is -1.97. The van der Waals surface area contributed by atoms with Crippen molar-refractivity contribution in [2.75, 3.05) is 12.3 Å². The number of aromatic nitrogens is 2. The maximum absolute atomic E-state index is 6.05. The highest BCUT2D eigenvalue weighted by molar-refractivity contribution is 7.98. The van der Waals surface area contributed by atoms with Gasteiger partial charge in [-0.3, -0.25) is 0 Å². The number of nitrogens with two attached hydrogens (primary N) is 1. The van der Waals surface area contributed by atoms with Gasteiger partial charge in [-0.15, -0.1) is 10.2 Å². The number of rotatable bonds is 5. The van der Waals surface area contributed by atoms with Gasteiger partial charge < -0.3 is 10.2 Å². The molecule has 2 N–H and O–H groups in total. The van der Waals surface area contributed by atoms with E-state index in [1.807, 2.05) is 18.2 Å². The zero-order valence-electron chi connectivity index (χ0n) is 9.10. The Morgan fingerprint density at radius 2 is 2.12 bits per heavy atom. The predicted molar refractivity (Wildman–Crippen MR) is 70.0 cm³/mol. The molecule has 90 valence electrons. The van der Waals surface area contributed by atoms with Crippen LogP contribution in [0.5, 0.6) is 0 Å². The Bertz CT molecular complexity index is 489. The Kier molecular flexibility index (Phi) is 4.42. The van der Waals surface area contributed by atoms with E-state index >= 15 is 0 Å². The van der Waals surface area contributed by atoms with Crippen molar-refractivity contribution < 1.29 is 4.42 Å². The lowest BCUT2D eigenvalue weighted by molar-refractivity contribution is 0.528. The normalized spacial score (nSPS) is 10.7. The van der Waals surface area contributed by atoms with Crippen molar-refractivity contribution in [3.8, 4) is 11.5 Å². The van der Waals surface area contributed by atoms with Gasteiger partial charge >= 0.3 is 0 Å². The van der Waals surface area contributed by atoms with Gasteiger partial charge in [-0.1, -0.05) is 23.7 Å². The van der Waals surface area contributed by atoms with Crippen molar-refractivity contribution in [1.82, 2.24) is 10.2 Å². The van der Waals surface area contributed by atoms with Crippen LogP contribution in [0.2, 0.25) is 5.02 Å². The fraction of sp³-hybridized carbons (Fsp3) is 0.273. The van der Waals surface area contributed by atoms with Crippen LogP contribution in [0.15, 0.2) is 28.7 Å². The Morgan fingerprint density at radius 3 is 2.88 bits per heavy atom. The minimum absolute atomic E-state index is 0.457. The molecule has 0 saturated carbocycles. The van der Waals surface area contributed by atoms with Crippen LogP contribution in [0.1, 0.15) is 5.89 Å². The molecule has 2 aromatic rings. The smallest absolute Gasteiger partial charge is 0.249 e. The summed E-state index contributed by atoms with van der Waals surface area (Å²) in [5.41, 5.74) is 6.16. The number of hydrogen-bond donors (Lipinski definition) is 1. The maximum atomic E-state index is 6.05. The summed E-state index contributed by atoms with van der Waals surface area (Å²) in [5.74, 6) is 2.61. The van der Waals surface area contributed by atoms with E-state index in [0.717, 1.165) is 11.3 Å². The summed E-state index contributed by atoms with van der Waals surface area (Å²) in [5, 5.41) is 8.56. The number of benzene rings is 1. The summed E-state index contributed by atoms with van der Waals surface area (Å²) < 4.78 is 5.53. The molecule has 6 heteroatoms. The van der Waals surface area contributed by atoms with Gasteiger partial charge in [0, 0.05) is 12.3 Å². The van der Waals surface area contributed by atoms with Crippen molar-refractivity contribution in [2.45, 2.75) is 5.75 Å². The van der Waals surface area contributed by atoms with Crippen molar-refractivity contribution in [2.24, 2.45) is 5.73 Å². The summed E-state index contributed by atoms with van der Waals surface area (Å²) in [7, 11) is 0. The van der Waals surface area contributed by atoms with Crippen LogP contribution in [-0.2, 0) is 5.75 Å². The second-order valence-electron chi connectivity index (χ2n) is 3.32. The van der Waals surface area contributed by atoms with Crippen molar-refractivity contribution in [1.29, 1.82) is 0 Å². The van der Waals surface area contributed by atoms with Crippen LogP contribution in [0, 0.1) is 0 Å². The van der Waals surface area contributed by atoms with Crippen LogP contribution in [0.25, 0.3) is 11.5 Å². The minimum atomic E-state index is 0.457. The molecule has 1 aromatic carbocycles. The topological polar surface area (TPSA) is 64.9 Å². The summed E-state index contributed by atoms with van der Waals surface area (Å²) in [6.45, 7) is 0.649. The second-order valence-corrected chi connectivity index (χ2v) is 4.83. The molecule has 0 bridgehead atoms. The molecule has 0 fully saturated rings. The van der Waals surface area contributed by atoms with Gasteiger partial charge in [0.1, 0.15) is 0 Å². The van der Waals surface area contributed by atoms with E-state index in [1.54, 1.807) is 17.8 Å². The van der Waals surface area contributed by atoms with E-state index in [4.69, 9.17) is 21.8 Å². The standard InChI is InChI=1S/C11H12ClN3OS/c12-9-4-2-1-3-8(9)11-15-14-10(16-11)7-17-6-5-13/h1-4H,5-7,13H2. The lowest BCUT2D eigenvalue weighted by atomic mass is 10.2. The molecule has 4 nitrogen and oxygen atoms in total. The largest absolute Gasteiger partial charge is 0.420 e. The molecule has 1 aromatic heterocycles. The average Bonchev–Trinajstić information content (AvgIpc) is 2.79. The molecule has 0 unspecified atom stereocenters. The first-order valence-corrected chi connectivity index (χ1v) is 6.69. The van der Waals surface area contributed by atoms with E-state index in [1.165, 1.54) is 0 Å². The second kappa shape index (κ2) is 6.05. The van der Waals surface area contributed by atoms with Crippen LogP contribution >= 0.6 is 23.4 Å². The van der Waals surface area contributed by atoms with Gasteiger partial charge in [0.05, 0.1) is 16.3 Å². The highest BCUT2D eigenvalue weighted by atomic mass is 35.5. The quantitative estimate of drug-likeness (QED) is 0.845. The van der Waals surface area contributed by atoms with Gasteiger partial charge in [0.2, 0.25) is 11.8 Å². The highest BCUT2D eigenvalue weighted by Crippen LogP contribution is 2.26. The molecule has 0 saturated heterocycles. The SMILES string of the molecule is NCCSCc1nnc(-c2ccccc2Cl)o1. The zero-order valence-corrected chi connectivity index (χ0v) is 10.7. The number of halogens is 1. The van der Waals surface area contributed by atoms with Gasteiger partial charge in [-0.05, 0) is 12.1 Å². The fourth-order valence-electron chi connectivity index (χ4n) is 1.30. The van der Waals surface area contributed by atoms with Gasteiger partial charge in [-0.2, -0.15) is 11.8 Å². The Morgan fingerprint density at radius 1 is 1.29 bits per heavy atom. The average molecular weight is 270 g/mol. The number of thioether (sulfide) groups is 1. The third-order valence-electron chi connectivity index (χ3n) is 2.06. The van der Waals surface area contributed by atoms with E-state index in [2.05, 4.69) is 10.2 Å². The highest BCUT2D eigenvalue weighted by Gasteiger charge is 2.10. The summed E-state index contributed by atoms with van der Waals surface area (Å²) in [6, 6.07) is 7.39. The first kappa shape index (κ1) is 12.4. The number of nitrogens with zero attached hydrogens (tertiary/aromatic N) is 2. The molecule has 0 atom stereocenters. The van der Waals surface area contributed by atoms with Gasteiger partial charge in [0.25, 0.3) is 0 Å². The number of hydrogen-bond acceptors (Lipinski definition) is 5. The third kappa shape index (κ3) is 3.21. The molecular formula is C11H12ClN3OS. The maximum Gasteiger partial charge on any atom is 0.249 e. The van der Waals surface area contributed by atoms with E-state index in [9.17, 15) is 0 Å². The Balaban J connectivity index is 2.10. The zero-order chi connectivity index (χ0) is 12.1. The fourth-order valence-corrected chi connectivity index (χ4v) is 2.12. The minimum Gasteiger partial charge on any atom is -0.420 e. The van der Waals surface area contributed by atoms with Gasteiger partial charge in [0.15, 0.2) is 0 Å². The van der Waals surface area contributed by atoms with E-state index < -0.39 is 0 Å². The van der Waals surface area contributed by atoms with Crippen LogP contribution in [0.4, 0.5) is 0 Å².